The van der Waals surface area contributed by atoms with Gasteiger partial charge in [-0.05, 0) is 24.3 Å². The highest BCUT2D eigenvalue weighted by molar-refractivity contribution is 9.10. The van der Waals surface area contributed by atoms with E-state index in [1.165, 1.54) is 6.08 Å². The Morgan fingerprint density at radius 1 is 1.42 bits per heavy atom. The van der Waals surface area contributed by atoms with Crippen LogP contribution in [0.2, 0.25) is 0 Å². The van der Waals surface area contributed by atoms with Crippen molar-refractivity contribution in [1.29, 1.82) is 5.26 Å². The molecule has 3 rings (SSSR count). The zero-order valence-electron chi connectivity index (χ0n) is 13.0. The smallest absolute Gasteiger partial charge is 0.245 e. The van der Waals surface area contributed by atoms with Crippen LogP contribution < -0.4 is 0 Å². The van der Waals surface area contributed by atoms with Gasteiger partial charge in [0.05, 0.1) is 12.1 Å². The molecule has 6 heteroatoms. The zero-order chi connectivity index (χ0) is 17.3. The molecule has 2 aromatic rings. The molecule has 0 saturated carbocycles. The molecule has 0 bridgehead atoms. The second kappa shape index (κ2) is 6.62. The van der Waals surface area contributed by atoms with Crippen LogP contribution >= 0.6 is 15.9 Å². The summed E-state index contributed by atoms with van der Waals surface area (Å²) in [5.41, 5.74) is 1.44. The van der Waals surface area contributed by atoms with Crippen LogP contribution in [0.4, 0.5) is 0 Å². The van der Waals surface area contributed by atoms with Crippen molar-refractivity contribution in [2.24, 2.45) is 5.92 Å². The molecule has 0 N–H and O–H groups in total. The minimum Gasteiger partial charge on any atom is -0.339 e. The molecule has 5 nitrogen and oxygen atoms in total. The maximum Gasteiger partial charge on any atom is 0.245 e. The lowest BCUT2D eigenvalue weighted by atomic mass is 9.94. The lowest BCUT2D eigenvalue weighted by Gasteiger charge is -2.38. The lowest BCUT2D eigenvalue weighted by Crippen LogP contribution is -2.50. The Bertz CT molecular complexity index is 872. The summed E-state index contributed by atoms with van der Waals surface area (Å²) in [6.45, 7) is 4.92. The van der Waals surface area contributed by atoms with E-state index in [1.54, 1.807) is 11.1 Å². The lowest BCUT2D eigenvalue weighted by molar-refractivity contribution is -0.134. The van der Waals surface area contributed by atoms with Gasteiger partial charge in [-0.3, -0.25) is 9.59 Å². The Hall–Kier alpha value is -2.39. The van der Waals surface area contributed by atoms with E-state index >= 15 is 0 Å². The highest BCUT2D eigenvalue weighted by atomic mass is 79.9. The molecular formula is C18H16BrN3O2. The van der Waals surface area contributed by atoms with Crippen molar-refractivity contribution in [2.45, 2.75) is 13.0 Å². The first-order valence-corrected chi connectivity index (χ1v) is 8.42. The van der Waals surface area contributed by atoms with Crippen molar-refractivity contribution < 1.29 is 9.59 Å². The van der Waals surface area contributed by atoms with Crippen molar-refractivity contribution in [3.05, 3.63) is 47.1 Å². The first kappa shape index (κ1) is 16.5. The quantitative estimate of drug-likeness (QED) is 0.743. The minimum absolute atomic E-state index is 0.0839. The Morgan fingerprint density at radius 2 is 2.17 bits per heavy atom. The number of aromatic nitrogens is 1. The number of ketones is 1. The van der Waals surface area contributed by atoms with Gasteiger partial charge in [-0.25, -0.2) is 0 Å². The molecule has 0 atom stereocenters. The monoisotopic (exact) mass is 385 g/mol. The molecule has 1 amide bonds. The molecule has 24 heavy (non-hydrogen) atoms. The van der Waals surface area contributed by atoms with Crippen molar-refractivity contribution in [3.63, 3.8) is 0 Å². The van der Waals surface area contributed by atoms with Gasteiger partial charge in [-0.1, -0.05) is 22.5 Å². The Labute approximate surface area is 148 Å². The number of Topliss-reactive ketones (excluding diaryl/α,β-unsaturated/α-hetero) is 1. The Kier molecular flexibility index (Phi) is 4.54. The normalized spacial score (nSPS) is 14.2. The molecule has 1 aliphatic rings. The van der Waals surface area contributed by atoms with Gasteiger partial charge in [0.25, 0.3) is 0 Å². The number of carbonyl (C=O) groups excluding carboxylic acids is 2. The van der Waals surface area contributed by atoms with Crippen LogP contribution in [0.15, 0.2) is 41.5 Å². The van der Waals surface area contributed by atoms with Crippen LogP contribution in [0.5, 0.6) is 0 Å². The van der Waals surface area contributed by atoms with E-state index in [9.17, 15) is 14.9 Å². The minimum atomic E-state index is -0.0839. The third kappa shape index (κ3) is 3.13. The molecule has 0 spiro atoms. The molecule has 1 fully saturated rings. The number of nitriles is 1. The SMILES string of the molecule is C=CC(=O)N1CC(CC(=O)Cn2cc(C#N)c3cc(Br)ccc32)C1. The summed E-state index contributed by atoms with van der Waals surface area (Å²) in [6.07, 6.45) is 3.47. The molecular weight excluding hydrogens is 370 g/mol. The van der Waals surface area contributed by atoms with Gasteiger partial charge in [0.15, 0.2) is 5.78 Å². The number of carbonyl (C=O) groups is 2. The van der Waals surface area contributed by atoms with Crippen LogP contribution in [0.1, 0.15) is 12.0 Å². The molecule has 1 aromatic heterocycles. The number of rotatable bonds is 5. The number of halogens is 1. The number of hydrogen-bond donors (Lipinski definition) is 0. The van der Waals surface area contributed by atoms with E-state index in [-0.39, 0.29) is 24.2 Å². The summed E-state index contributed by atoms with van der Waals surface area (Å²) in [4.78, 5) is 25.4. The van der Waals surface area contributed by atoms with Crippen LogP contribution in [0, 0.1) is 17.2 Å². The number of likely N-dealkylation sites (tertiary alicyclic amines) is 1. The largest absolute Gasteiger partial charge is 0.339 e. The van der Waals surface area contributed by atoms with Crippen molar-refractivity contribution in [1.82, 2.24) is 9.47 Å². The fraction of sp³-hybridized carbons (Fsp3) is 0.278. The van der Waals surface area contributed by atoms with E-state index in [1.807, 2.05) is 22.8 Å². The predicted molar refractivity (Wildman–Crippen MR) is 94.2 cm³/mol. The van der Waals surface area contributed by atoms with Gasteiger partial charge < -0.3 is 9.47 Å². The molecule has 1 saturated heterocycles. The summed E-state index contributed by atoms with van der Waals surface area (Å²) >= 11 is 3.40. The maximum absolute atomic E-state index is 12.3. The summed E-state index contributed by atoms with van der Waals surface area (Å²) in [5.74, 6) is 0.238. The molecule has 1 aromatic carbocycles. The van der Waals surface area contributed by atoms with Gasteiger partial charge in [0, 0.05) is 47.0 Å². The third-order valence-electron chi connectivity index (χ3n) is 4.27. The molecule has 0 radical (unpaired) electrons. The van der Waals surface area contributed by atoms with E-state index in [4.69, 9.17) is 0 Å². The Morgan fingerprint density at radius 3 is 2.83 bits per heavy atom. The van der Waals surface area contributed by atoms with Crippen LogP contribution in [-0.2, 0) is 16.1 Å². The average Bonchev–Trinajstić information content (AvgIpc) is 2.86. The highest BCUT2D eigenvalue weighted by Crippen LogP contribution is 2.26. The van der Waals surface area contributed by atoms with E-state index in [0.29, 0.717) is 25.1 Å². The number of fused-ring (bicyclic) bond motifs is 1. The molecule has 122 valence electrons. The fourth-order valence-corrected chi connectivity index (χ4v) is 3.43. The third-order valence-corrected chi connectivity index (χ3v) is 4.76. The second-order valence-corrected chi connectivity index (χ2v) is 6.92. The van der Waals surface area contributed by atoms with Gasteiger partial charge in [-0.2, -0.15) is 5.26 Å². The topological polar surface area (TPSA) is 66.1 Å². The Balaban J connectivity index is 1.68. The highest BCUT2D eigenvalue weighted by Gasteiger charge is 2.30. The molecule has 2 heterocycles. The fourth-order valence-electron chi connectivity index (χ4n) is 3.07. The summed E-state index contributed by atoms with van der Waals surface area (Å²) in [6, 6.07) is 7.86. The molecule has 0 aliphatic carbocycles. The van der Waals surface area contributed by atoms with E-state index in [2.05, 4.69) is 28.6 Å². The summed E-state index contributed by atoms with van der Waals surface area (Å²) < 4.78 is 2.73. The number of hydrogen-bond acceptors (Lipinski definition) is 3. The second-order valence-electron chi connectivity index (χ2n) is 6.00. The van der Waals surface area contributed by atoms with Crippen molar-refractivity contribution >= 4 is 38.5 Å². The number of benzene rings is 1. The maximum atomic E-state index is 12.3. The average molecular weight is 386 g/mol. The van der Waals surface area contributed by atoms with Crippen molar-refractivity contribution in [3.8, 4) is 6.07 Å². The van der Waals surface area contributed by atoms with Crippen LogP contribution in [0.25, 0.3) is 10.9 Å². The first-order chi connectivity index (χ1) is 11.5. The summed E-state index contributed by atoms with van der Waals surface area (Å²) in [7, 11) is 0. The number of amides is 1. The summed E-state index contributed by atoms with van der Waals surface area (Å²) in [5, 5.41) is 10.1. The van der Waals surface area contributed by atoms with Crippen LogP contribution in [-0.4, -0.2) is 34.2 Å². The zero-order valence-corrected chi connectivity index (χ0v) is 14.6. The van der Waals surface area contributed by atoms with Crippen molar-refractivity contribution in [2.75, 3.05) is 13.1 Å². The molecule has 0 unspecified atom stereocenters. The van der Waals surface area contributed by atoms with Gasteiger partial charge in [0.1, 0.15) is 6.07 Å². The predicted octanol–water partition coefficient (Wildman–Crippen LogP) is 2.88. The van der Waals surface area contributed by atoms with Gasteiger partial charge >= 0.3 is 0 Å². The standard InChI is InChI=1S/C18H16BrN3O2/c1-2-18(24)22-8-12(9-22)5-15(23)11-21-10-13(7-20)16-6-14(19)3-4-17(16)21/h2-4,6,10,12H,1,5,8-9,11H2. The van der Waals surface area contributed by atoms with E-state index in [0.717, 1.165) is 15.4 Å². The molecule has 1 aliphatic heterocycles. The van der Waals surface area contributed by atoms with E-state index < -0.39 is 0 Å². The van der Waals surface area contributed by atoms with Gasteiger partial charge in [0.2, 0.25) is 5.91 Å². The van der Waals surface area contributed by atoms with Crippen LogP contribution in [0.3, 0.4) is 0 Å². The number of nitrogens with zero attached hydrogens (tertiary/aromatic N) is 3. The first-order valence-electron chi connectivity index (χ1n) is 7.63. The van der Waals surface area contributed by atoms with Gasteiger partial charge in [-0.15, -0.1) is 0 Å².